The van der Waals surface area contributed by atoms with E-state index in [1.807, 2.05) is 19.1 Å². The molecule has 0 N–H and O–H groups in total. The number of hydrogen-bond acceptors (Lipinski definition) is 3. The smallest absolute Gasteiger partial charge is 0.119 e. The van der Waals surface area contributed by atoms with E-state index in [-0.39, 0.29) is 0 Å². The molecule has 0 saturated heterocycles. The third-order valence-corrected chi connectivity index (χ3v) is 5.52. The van der Waals surface area contributed by atoms with Crippen molar-refractivity contribution >= 4 is 10.8 Å². The fraction of sp³-hybridized carbons (Fsp3) is 0.520. The highest BCUT2D eigenvalue weighted by Gasteiger charge is 2.22. The first-order chi connectivity index (χ1) is 13.6. The van der Waals surface area contributed by atoms with Gasteiger partial charge in [-0.05, 0) is 76.1 Å². The number of hydrogen-bond donors (Lipinski definition) is 0. The molecule has 0 radical (unpaired) electrons. The minimum atomic E-state index is 0.315. The zero-order valence-electron chi connectivity index (χ0n) is 19.3. The van der Waals surface area contributed by atoms with Crippen LogP contribution < -0.4 is 4.74 Å². The van der Waals surface area contributed by atoms with Crippen molar-refractivity contribution < 1.29 is 4.74 Å². The SMILES string of the molecule is CCOc1ccc(-n2c(C)c3c(C)nnc(CC(C)CC(C)(C)C)c3c2C)cc1. The lowest BCUT2D eigenvalue weighted by Crippen LogP contribution is -2.14. The van der Waals surface area contributed by atoms with Crippen LogP contribution in [0.4, 0.5) is 0 Å². The summed E-state index contributed by atoms with van der Waals surface area (Å²) in [6.45, 7) is 18.4. The van der Waals surface area contributed by atoms with E-state index in [0.29, 0.717) is 17.9 Å². The summed E-state index contributed by atoms with van der Waals surface area (Å²) in [5.41, 5.74) is 6.03. The van der Waals surface area contributed by atoms with Crippen LogP contribution in [0, 0.1) is 32.1 Å². The van der Waals surface area contributed by atoms with E-state index in [9.17, 15) is 0 Å². The second-order valence-electron chi connectivity index (χ2n) is 9.49. The second-order valence-corrected chi connectivity index (χ2v) is 9.49. The molecular formula is C25H35N3O. The molecule has 3 aromatic rings. The fourth-order valence-electron chi connectivity index (χ4n) is 4.70. The highest BCUT2D eigenvalue weighted by molar-refractivity contribution is 5.92. The largest absolute Gasteiger partial charge is 0.494 e. The lowest BCUT2D eigenvalue weighted by Gasteiger charge is -2.23. The molecule has 1 unspecified atom stereocenters. The Balaban J connectivity index is 2.09. The summed E-state index contributed by atoms with van der Waals surface area (Å²) in [6, 6.07) is 8.33. The summed E-state index contributed by atoms with van der Waals surface area (Å²) in [6.07, 6.45) is 2.12. The van der Waals surface area contributed by atoms with Gasteiger partial charge in [0, 0.05) is 27.8 Å². The molecule has 29 heavy (non-hydrogen) atoms. The van der Waals surface area contributed by atoms with Gasteiger partial charge in [-0.3, -0.25) is 0 Å². The Labute approximate surface area is 175 Å². The van der Waals surface area contributed by atoms with Gasteiger partial charge in [0.05, 0.1) is 18.0 Å². The fourth-order valence-corrected chi connectivity index (χ4v) is 4.70. The number of aryl methyl sites for hydroxylation is 3. The van der Waals surface area contributed by atoms with Crippen LogP contribution in [-0.2, 0) is 6.42 Å². The lowest BCUT2D eigenvalue weighted by molar-refractivity contribution is 0.305. The molecule has 0 aliphatic heterocycles. The molecule has 3 rings (SSSR count). The summed E-state index contributed by atoms with van der Waals surface area (Å²) >= 11 is 0. The molecule has 0 aliphatic rings. The average Bonchev–Trinajstić information content (AvgIpc) is 2.89. The van der Waals surface area contributed by atoms with E-state index in [1.54, 1.807) is 0 Å². The minimum Gasteiger partial charge on any atom is -0.494 e. The third-order valence-electron chi connectivity index (χ3n) is 5.52. The second kappa shape index (κ2) is 8.17. The first kappa shape index (κ1) is 21.4. The molecular weight excluding hydrogens is 358 g/mol. The van der Waals surface area contributed by atoms with Gasteiger partial charge in [-0.15, -0.1) is 0 Å². The maximum atomic E-state index is 5.61. The Bertz CT molecular complexity index is 994. The van der Waals surface area contributed by atoms with Gasteiger partial charge in [0.15, 0.2) is 0 Å². The van der Waals surface area contributed by atoms with Crippen LogP contribution in [0.25, 0.3) is 16.5 Å². The molecule has 1 aromatic carbocycles. The van der Waals surface area contributed by atoms with E-state index in [0.717, 1.165) is 29.2 Å². The maximum absolute atomic E-state index is 5.61. The van der Waals surface area contributed by atoms with Gasteiger partial charge in [0.1, 0.15) is 5.75 Å². The normalized spacial score (nSPS) is 13.1. The number of rotatable bonds is 6. The monoisotopic (exact) mass is 393 g/mol. The number of benzene rings is 1. The molecule has 0 aliphatic carbocycles. The Kier molecular flexibility index (Phi) is 6.02. The molecule has 156 valence electrons. The van der Waals surface area contributed by atoms with E-state index >= 15 is 0 Å². The maximum Gasteiger partial charge on any atom is 0.119 e. The average molecular weight is 394 g/mol. The van der Waals surface area contributed by atoms with Crippen LogP contribution in [0.3, 0.4) is 0 Å². The van der Waals surface area contributed by atoms with Crippen molar-refractivity contribution in [1.29, 1.82) is 0 Å². The van der Waals surface area contributed by atoms with Crippen LogP contribution in [-0.4, -0.2) is 21.4 Å². The van der Waals surface area contributed by atoms with Crippen LogP contribution in [0.15, 0.2) is 24.3 Å². The Hall–Kier alpha value is -2.36. The van der Waals surface area contributed by atoms with Gasteiger partial charge < -0.3 is 9.30 Å². The molecule has 0 fully saturated rings. The minimum absolute atomic E-state index is 0.315. The highest BCUT2D eigenvalue weighted by Crippen LogP contribution is 2.34. The molecule has 2 aromatic heterocycles. The van der Waals surface area contributed by atoms with Crippen LogP contribution in [0.1, 0.15) is 63.8 Å². The van der Waals surface area contributed by atoms with E-state index in [4.69, 9.17) is 4.74 Å². The van der Waals surface area contributed by atoms with Gasteiger partial charge in [-0.1, -0.05) is 27.7 Å². The van der Waals surface area contributed by atoms with Gasteiger partial charge in [0.25, 0.3) is 0 Å². The van der Waals surface area contributed by atoms with Gasteiger partial charge in [-0.2, -0.15) is 10.2 Å². The standard InChI is InChI=1S/C25H35N3O/c1-9-29-21-12-10-20(11-13-21)28-18(4)23-17(3)26-27-22(24(23)19(28)5)14-16(2)15-25(6,7)8/h10-13,16H,9,14-15H2,1-8H3. The lowest BCUT2D eigenvalue weighted by atomic mass is 9.83. The zero-order valence-corrected chi connectivity index (χ0v) is 19.3. The summed E-state index contributed by atoms with van der Waals surface area (Å²) in [5, 5.41) is 11.7. The van der Waals surface area contributed by atoms with E-state index in [1.165, 1.54) is 28.6 Å². The van der Waals surface area contributed by atoms with Crippen molar-refractivity contribution in [3.63, 3.8) is 0 Å². The van der Waals surface area contributed by atoms with Crippen LogP contribution in [0.5, 0.6) is 5.75 Å². The quantitative estimate of drug-likeness (QED) is 0.489. The summed E-state index contributed by atoms with van der Waals surface area (Å²) in [7, 11) is 0. The van der Waals surface area contributed by atoms with E-state index in [2.05, 4.69) is 75.4 Å². The van der Waals surface area contributed by atoms with Crippen molar-refractivity contribution in [2.45, 2.75) is 68.2 Å². The number of fused-ring (bicyclic) bond motifs is 1. The first-order valence-electron chi connectivity index (χ1n) is 10.7. The van der Waals surface area contributed by atoms with Gasteiger partial charge in [-0.25, -0.2) is 0 Å². The third kappa shape index (κ3) is 4.47. The van der Waals surface area contributed by atoms with Gasteiger partial charge >= 0.3 is 0 Å². The van der Waals surface area contributed by atoms with Crippen molar-refractivity contribution in [3.05, 3.63) is 47.0 Å². The molecule has 0 saturated carbocycles. The van der Waals surface area contributed by atoms with E-state index < -0.39 is 0 Å². The Morgan fingerprint density at radius 3 is 2.17 bits per heavy atom. The number of nitrogens with zero attached hydrogens (tertiary/aromatic N) is 3. The summed E-state index contributed by atoms with van der Waals surface area (Å²) in [4.78, 5) is 0. The van der Waals surface area contributed by atoms with Gasteiger partial charge in [0.2, 0.25) is 0 Å². The van der Waals surface area contributed by atoms with Crippen molar-refractivity contribution in [1.82, 2.24) is 14.8 Å². The molecule has 0 amide bonds. The summed E-state index contributed by atoms with van der Waals surface area (Å²) < 4.78 is 7.94. The Morgan fingerprint density at radius 2 is 1.59 bits per heavy atom. The first-order valence-corrected chi connectivity index (χ1v) is 10.7. The number of aromatic nitrogens is 3. The molecule has 4 heteroatoms. The predicted octanol–water partition coefficient (Wildman–Crippen LogP) is 6.36. The Morgan fingerprint density at radius 1 is 0.966 bits per heavy atom. The molecule has 2 heterocycles. The molecule has 1 atom stereocenters. The topological polar surface area (TPSA) is 39.9 Å². The predicted molar refractivity (Wildman–Crippen MR) is 121 cm³/mol. The van der Waals surface area contributed by atoms with Crippen molar-refractivity contribution in [2.75, 3.05) is 6.61 Å². The van der Waals surface area contributed by atoms with Crippen molar-refractivity contribution in [2.24, 2.45) is 11.3 Å². The summed E-state index contributed by atoms with van der Waals surface area (Å²) in [5.74, 6) is 1.46. The van der Waals surface area contributed by atoms with Crippen LogP contribution >= 0.6 is 0 Å². The molecule has 4 nitrogen and oxygen atoms in total. The molecule has 0 spiro atoms. The van der Waals surface area contributed by atoms with Crippen LogP contribution in [0.2, 0.25) is 0 Å². The zero-order chi connectivity index (χ0) is 21.3. The van der Waals surface area contributed by atoms with Crippen molar-refractivity contribution in [3.8, 4) is 11.4 Å². The number of ether oxygens (including phenoxy) is 1. The molecule has 0 bridgehead atoms. The highest BCUT2D eigenvalue weighted by atomic mass is 16.5.